The normalized spacial score (nSPS) is 17.0. The molecular formula is C16H11F3N2. The van der Waals surface area contributed by atoms with E-state index in [1.807, 2.05) is 12.1 Å². The summed E-state index contributed by atoms with van der Waals surface area (Å²) in [6, 6.07) is 12.6. The van der Waals surface area contributed by atoms with E-state index in [2.05, 4.69) is 11.4 Å². The van der Waals surface area contributed by atoms with Gasteiger partial charge in [0, 0.05) is 5.69 Å². The monoisotopic (exact) mass is 288 g/mol. The standard InChI is InChI=1S/C16H11F3N2/c17-16(18,19)13-4-2-11(3-5-13)15-8-12-7-10(9-20)1-6-14(12)21-15/h1-7,15,21H,8H2. The number of nitriles is 1. The van der Waals surface area contributed by atoms with Crippen molar-refractivity contribution in [2.45, 2.75) is 18.6 Å². The number of fused-ring (bicyclic) bond motifs is 1. The van der Waals surface area contributed by atoms with Gasteiger partial charge in [-0.25, -0.2) is 0 Å². The fourth-order valence-corrected chi connectivity index (χ4v) is 2.54. The maximum atomic E-state index is 12.5. The first kappa shape index (κ1) is 13.5. The van der Waals surface area contributed by atoms with Crippen LogP contribution < -0.4 is 5.32 Å². The van der Waals surface area contributed by atoms with Gasteiger partial charge in [-0.3, -0.25) is 0 Å². The van der Waals surface area contributed by atoms with Crippen molar-refractivity contribution >= 4 is 5.69 Å². The Labute approximate surface area is 119 Å². The third-order valence-corrected chi connectivity index (χ3v) is 3.63. The first-order valence-electron chi connectivity index (χ1n) is 6.44. The average molecular weight is 288 g/mol. The number of rotatable bonds is 1. The molecule has 0 radical (unpaired) electrons. The third-order valence-electron chi connectivity index (χ3n) is 3.63. The van der Waals surface area contributed by atoms with Crippen molar-refractivity contribution in [1.29, 1.82) is 5.26 Å². The molecule has 5 heteroatoms. The summed E-state index contributed by atoms with van der Waals surface area (Å²) in [4.78, 5) is 0. The van der Waals surface area contributed by atoms with E-state index >= 15 is 0 Å². The van der Waals surface area contributed by atoms with Crippen LogP contribution in [0.4, 0.5) is 18.9 Å². The molecule has 0 aliphatic carbocycles. The second kappa shape index (κ2) is 4.81. The molecule has 1 aliphatic rings. The quantitative estimate of drug-likeness (QED) is 0.849. The zero-order chi connectivity index (χ0) is 15.0. The molecule has 2 aromatic rings. The summed E-state index contributed by atoms with van der Waals surface area (Å²) in [6.45, 7) is 0. The Morgan fingerprint density at radius 1 is 1.10 bits per heavy atom. The number of benzene rings is 2. The molecule has 2 nitrogen and oxygen atoms in total. The van der Waals surface area contributed by atoms with Crippen molar-refractivity contribution in [2.75, 3.05) is 5.32 Å². The second-order valence-corrected chi connectivity index (χ2v) is 5.00. The molecule has 21 heavy (non-hydrogen) atoms. The second-order valence-electron chi connectivity index (χ2n) is 5.00. The number of halogens is 3. The van der Waals surface area contributed by atoms with Gasteiger partial charge in [-0.2, -0.15) is 18.4 Å². The lowest BCUT2D eigenvalue weighted by Crippen LogP contribution is -2.08. The summed E-state index contributed by atoms with van der Waals surface area (Å²) < 4.78 is 37.6. The summed E-state index contributed by atoms with van der Waals surface area (Å²) >= 11 is 0. The number of nitrogens with one attached hydrogen (secondary N) is 1. The minimum Gasteiger partial charge on any atom is -0.378 e. The maximum absolute atomic E-state index is 12.5. The predicted molar refractivity (Wildman–Crippen MR) is 72.7 cm³/mol. The Morgan fingerprint density at radius 3 is 2.43 bits per heavy atom. The Morgan fingerprint density at radius 2 is 1.81 bits per heavy atom. The molecule has 106 valence electrons. The number of nitrogens with zero attached hydrogens (tertiary/aromatic N) is 1. The summed E-state index contributed by atoms with van der Waals surface area (Å²) in [6.07, 6.45) is -3.65. The van der Waals surface area contributed by atoms with Gasteiger partial charge in [0.2, 0.25) is 0 Å². The SMILES string of the molecule is N#Cc1ccc2c(c1)CC(c1ccc(C(F)(F)F)cc1)N2. The minimum absolute atomic E-state index is 0.0590. The fraction of sp³-hybridized carbons (Fsp3) is 0.188. The van der Waals surface area contributed by atoms with Crippen LogP contribution in [0.2, 0.25) is 0 Å². The van der Waals surface area contributed by atoms with E-state index in [0.29, 0.717) is 12.0 Å². The van der Waals surface area contributed by atoms with Gasteiger partial charge in [0.1, 0.15) is 0 Å². The van der Waals surface area contributed by atoms with Gasteiger partial charge >= 0.3 is 6.18 Å². The number of hydrogen-bond donors (Lipinski definition) is 1. The minimum atomic E-state index is -4.31. The average Bonchev–Trinajstić information content (AvgIpc) is 2.89. The molecule has 1 N–H and O–H groups in total. The molecule has 0 spiro atoms. The molecule has 1 unspecified atom stereocenters. The van der Waals surface area contributed by atoms with Crippen LogP contribution in [-0.2, 0) is 12.6 Å². The van der Waals surface area contributed by atoms with Crippen LogP contribution in [0.15, 0.2) is 42.5 Å². The summed E-state index contributed by atoms with van der Waals surface area (Å²) in [5.41, 5.74) is 2.69. The van der Waals surface area contributed by atoms with E-state index in [4.69, 9.17) is 5.26 Å². The Balaban J connectivity index is 1.83. The van der Waals surface area contributed by atoms with Crippen LogP contribution in [0.5, 0.6) is 0 Å². The van der Waals surface area contributed by atoms with Crippen LogP contribution in [0.25, 0.3) is 0 Å². The molecular weight excluding hydrogens is 277 g/mol. The van der Waals surface area contributed by atoms with Gasteiger partial charge in [-0.15, -0.1) is 0 Å². The third kappa shape index (κ3) is 2.57. The zero-order valence-electron chi connectivity index (χ0n) is 10.9. The Bertz CT molecular complexity index is 712. The van der Waals surface area contributed by atoms with Crippen molar-refractivity contribution in [3.8, 4) is 6.07 Å². The van der Waals surface area contributed by atoms with Crippen LogP contribution in [-0.4, -0.2) is 0 Å². The highest BCUT2D eigenvalue weighted by Crippen LogP contribution is 2.36. The number of anilines is 1. The lowest BCUT2D eigenvalue weighted by atomic mass is 10.0. The van der Waals surface area contributed by atoms with E-state index < -0.39 is 11.7 Å². The first-order chi connectivity index (χ1) is 9.97. The molecule has 0 saturated heterocycles. The molecule has 1 aliphatic heterocycles. The summed E-state index contributed by atoms with van der Waals surface area (Å²) in [7, 11) is 0. The highest BCUT2D eigenvalue weighted by molar-refractivity contribution is 5.60. The van der Waals surface area contributed by atoms with Crippen LogP contribution in [0, 0.1) is 11.3 Å². The lowest BCUT2D eigenvalue weighted by Gasteiger charge is -2.13. The molecule has 1 atom stereocenters. The van der Waals surface area contributed by atoms with Crippen molar-refractivity contribution in [1.82, 2.24) is 0 Å². The van der Waals surface area contributed by atoms with Gasteiger partial charge in [0.15, 0.2) is 0 Å². The van der Waals surface area contributed by atoms with Gasteiger partial charge in [-0.05, 0) is 47.9 Å². The van der Waals surface area contributed by atoms with Gasteiger partial charge in [-0.1, -0.05) is 12.1 Å². The Hall–Kier alpha value is -2.48. The van der Waals surface area contributed by atoms with E-state index in [0.717, 1.165) is 28.9 Å². The van der Waals surface area contributed by atoms with Crippen molar-refractivity contribution < 1.29 is 13.2 Å². The molecule has 2 aromatic carbocycles. The number of hydrogen-bond acceptors (Lipinski definition) is 2. The fourth-order valence-electron chi connectivity index (χ4n) is 2.54. The van der Waals surface area contributed by atoms with Crippen molar-refractivity contribution in [2.24, 2.45) is 0 Å². The largest absolute Gasteiger partial charge is 0.416 e. The number of alkyl halides is 3. The predicted octanol–water partition coefficient (Wildman–Crippen LogP) is 4.29. The van der Waals surface area contributed by atoms with E-state index in [9.17, 15) is 13.2 Å². The molecule has 3 rings (SSSR count). The first-order valence-corrected chi connectivity index (χ1v) is 6.44. The highest BCUT2D eigenvalue weighted by atomic mass is 19.4. The molecule has 1 heterocycles. The van der Waals surface area contributed by atoms with Gasteiger partial charge in [0.25, 0.3) is 0 Å². The molecule has 0 aromatic heterocycles. The van der Waals surface area contributed by atoms with Gasteiger partial charge in [0.05, 0.1) is 23.2 Å². The molecule has 0 bridgehead atoms. The maximum Gasteiger partial charge on any atom is 0.416 e. The smallest absolute Gasteiger partial charge is 0.378 e. The van der Waals surface area contributed by atoms with Crippen molar-refractivity contribution in [3.05, 3.63) is 64.7 Å². The van der Waals surface area contributed by atoms with E-state index in [-0.39, 0.29) is 6.04 Å². The Kier molecular flexibility index (Phi) is 3.09. The van der Waals surface area contributed by atoms with E-state index in [1.54, 1.807) is 6.07 Å². The highest BCUT2D eigenvalue weighted by Gasteiger charge is 2.30. The molecule has 0 fully saturated rings. The topological polar surface area (TPSA) is 35.8 Å². The van der Waals surface area contributed by atoms with Crippen LogP contribution >= 0.6 is 0 Å². The van der Waals surface area contributed by atoms with Crippen LogP contribution in [0.3, 0.4) is 0 Å². The lowest BCUT2D eigenvalue weighted by molar-refractivity contribution is -0.137. The summed E-state index contributed by atoms with van der Waals surface area (Å²) in [5.74, 6) is 0. The van der Waals surface area contributed by atoms with Gasteiger partial charge < -0.3 is 5.32 Å². The summed E-state index contributed by atoms with van der Waals surface area (Å²) in [5, 5.41) is 12.2. The van der Waals surface area contributed by atoms with E-state index in [1.165, 1.54) is 12.1 Å². The molecule has 0 amide bonds. The molecule has 0 saturated carbocycles. The van der Waals surface area contributed by atoms with Crippen LogP contribution in [0.1, 0.15) is 28.3 Å². The van der Waals surface area contributed by atoms with Crippen molar-refractivity contribution in [3.63, 3.8) is 0 Å². The zero-order valence-corrected chi connectivity index (χ0v) is 10.9.